The quantitative estimate of drug-likeness (QED) is 0.792. The first-order valence-corrected chi connectivity index (χ1v) is 6.43. The van der Waals surface area contributed by atoms with E-state index in [-0.39, 0.29) is 12.4 Å². The highest BCUT2D eigenvalue weighted by molar-refractivity contribution is 7.89. The maximum absolute atomic E-state index is 13.3. The minimum absolute atomic E-state index is 0.124. The molecule has 0 amide bonds. The van der Waals surface area contributed by atoms with E-state index in [9.17, 15) is 12.8 Å². The lowest BCUT2D eigenvalue weighted by Gasteiger charge is -2.06. The number of benzene rings is 1. The standard InChI is InChI=1S/C9H7FN6O2S/c10-7-2-1-3-8(6(7)4-11)19(17,18)12-5-9-13-15-16-14-9/h1-3,12H,5H2,(H,13,14,15,16). The van der Waals surface area contributed by atoms with Gasteiger partial charge >= 0.3 is 0 Å². The summed E-state index contributed by atoms with van der Waals surface area (Å²) in [5.74, 6) is -0.775. The maximum atomic E-state index is 13.3. The molecule has 0 aliphatic carbocycles. The van der Waals surface area contributed by atoms with Gasteiger partial charge in [-0.25, -0.2) is 17.5 Å². The number of nitriles is 1. The Hall–Kier alpha value is -2.38. The molecule has 98 valence electrons. The summed E-state index contributed by atoms with van der Waals surface area (Å²) in [6, 6.07) is 4.88. The zero-order valence-electron chi connectivity index (χ0n) is 9.33. The highest BCUT2D eigenvalue weighted by atomic mass is 32.2. The number of sulfonamides is 1. The van der Waals surface area contributed by atoms with Crippen LogP contribution in [0.15, 0.2) is 23.1 Å². The Labute approximate surface area is 107 Å². The third kappa shape index (κ3) is 2.72. The number of aromatic amines is 1. The van der Waals surface area contributed by atoms with Gasteiger partial charge in [0.15, 0.2) is 5.82 Å². The van der Waals surface area contributed by atoms with Gasteiger partial charge < -0.3 is 0 Å². The van der Waals surface area contributed by atoms with Gasteiger partial charge in [0, 0.05) is 0 Å². The molecule has 19 heavy (non-hydrogen) atoms. The van der Waals surface area contributed by atoms with Crippen LogP contribution in [0.3, 0.4) is 0 Å². The Kier molecular flexibility index (Phi) is 3.50. The normalized spacial score (nSPS) is 11.2. The summed E-state index contributed by atoms with van der Waals surface area (Å²) in [5.41, 5.74) is -0.539. The van der Waals surface area contributed by atoms with Crippen LogP contribution >= 0.6 is 0 Å². The van der Waals surface area contributed by atoms with Crippen molar-refractivity contribution in [2.45, 2.75) is 11.4 Å². The lowest BCUT2D eigenvalue weighted by atomic mass is 10.2. The van der Waals surface area contributed by atoms with Crippen molar-refractivity contribution in [3.63, 3.8) is 0 Å². The van der Waals surface area contributed by atoms with E-state index in [4.69, 9.17) is 5.26 Å². The van der Waals surface area contributed by atoms with E-state index in [1.165, 1.54) is 12.1 Å². The van der Waals surface area contributed by atoms with Crippen molar-refractivity contribution < 1.29 is 12.8 Å². The number of H-pyrrole nitrogens is 1. The molecule has 8 nitrogen and oxygen atoms in total. The molecule has 0 fully saturated rings. The van der Waals surface area contributed by atoms with Gasteiger partial charge in [-0.05, 0) is 12.1 Å². The average Bonchev–Trinajstić information content (AvgIpc) is 2.89. The Balaban J connectivity index is 2.30. The first-order valence-electron chi connectivity index (χ1n) is 4.95. The SMILES string of the molecule is N#Cc1c(F)cccc1S(=O)(=O)NCc1nn[nH]n1. The molecule has 1 heterocycles. The average molecular weight is 282 g/mol. The fourth-order valence-electron chi connectivity index (χ4n) is 1.33. The van der Waals surface area contributed by atoms with Crippen LogP contribution in [0.4, 0.5) is 4.39 Å². The molecular formula is C9H7FN6O2S. The zero-order chi connectivity index (χ0) is 13.9. The van der Waals surface area contributed by atoms with Gasteiger partial charge in [0.1, 0.15) is 22.3 Å². The second-order valence-corrected chi connectivity index (χ2v) is 5.11. The van der Waals surface area contributed by atoms with Crippen LogP contribution in [0.25, 0.3) is 0 Å². The Morgan fingerprint density at radius 1 is 1.47 bits per heavy atom. The molecule has 2 rings (SSSR count). The number of hydrogen-bond donors (Lipinski definition) is 2. The van der Waals surface area contributed by atoms with Crippen LogP contribution < -0.4 is 4.72 Å². The number of halogens is 1. The minimum atomic E-state index is -4.04. The number of tetrazole rings is 1. The summed E-state index contributed by atoms with van der Waals surface area (Å²) in [6.45, 7) is -0.222. The second-order valence-electron chi connectivity index (χ2n) is 3.38. The molecular weight excluding hydrogens is 275 g/mol. The van der Waals surface area contributed by atoms with Crippen LogP contribution in [0.1, 0.15) is 11.4 Å². The first-order chi connectivity index (χ1) is 9.04. The van der Waals surface area contributed by atoms with Crippen molar-refractivity contribution in [3.05, 3.63) is 35.4 Å². The highest BCUT2D eigenvalue weighted by Crippen LogP contribution is 2.17. The summed E-state index contributed by atoms with van der Waals surface area (Å²) in [5, 5.41) is 21.3. The van der Waals surface area contributed by atoms with Gasteiger partial charge in [-0.3, -0.25) is 0 Å². The number of nitrogens with zero attached hydrogens (tertiary/aromatic N) is 4. The molecule has 0 unspecified atom stereocenters. The van der Waals surface area contributed by atoms with E-state index in [0.29, 0.717) is 0 Å². The maximum Gasteiger partial charge on any atom is 0.242 e. The van der Waals surface area contributed by atoms with Crippen molar-refractivity contribution in [1.82, 2.24) is 25.3 Å². The molecule has 2 N–H and O–H groups in total. The molecule has 0 saturated carbocycles. The molecule has 0 bridgehead atoms. The largest absolute Gasteiger partial charge is 0.242 e. The predicted octanol–water partition coefficient (Wildman–Crippen LogP) is -0.311. The molecule has 0 aliphatic rings. The van der Waals surface area contributed by atoms with Gasteiger partial charge in [-0.1, -0.05) is 11.3 Å². The van der Waals surface area contributed by atoms with Crippen molar-refractivity contribution in [3.8, 4) is 6.07 Å². The molecule has 1 aromatic heterocycles. The molecule has 0 spiro atoms. The first kappa shape index (κ1) is 13.1. The van der Waals surface area contributed by atoms with E-state index >= 15 is 0 Å². The Bertz CT molecular complexity index is 722. The second kappa shape index (κ2) is 5.09. The molecule has 0 aliphatic heterocycles. The van der Waals surface area contributed by atoms with Crippen LogP contribution in [0.5, 0.6) is 0 Å². The fourth-order valence-corrected chi connectivity index (χ4v) is 2.48. The van der Waals surface area contributed by atoms with Crippen molar-refractivity contribution in [1.29, 1.82) is 5.26 Å². The Morgan fingerprint density at radius 2 is 2.26 bits per heavy atom. The molecule has 10 heteroatoms. The van der Waals surface area contributed by atoms with E-state index in [0.717, 1.165) is 12.1 Å². The van der Waals surface area contributed by atoms with Crippen LogP contribution in [-0.2, 0) is 16.6 Å². The molecule has 0 saturated heterocycles. The number of rotatable bonds is 4. The summed E-state index contributed by atoms with van der Waals surface area (Å²) in [4.78, 5) is -0.432. The van der Waals surface area contributed by atoms with E-state index < -0.39 is 26.3 Å². The minimum Gasteiger partial charge on any atom is -0.207 e. The van der Waals surface area contributed by atoms with Gasteiger partial charge in [0.2, 0.25) is 10.0 Å². The van der Waals surface area contributed by atoms with Crippen LogP contribution in [0, 0.1) is 17.1 Å². The third-order valence-corrected chi connectivity index (χ3v) is 3.63. The predicted molar refractivity (Wildman–Crippen MR) is 59.3 cm³/mol. The van der Waals surface area contributed by atoms with E-state index in [1.54, 1.807) is 0 Å². The van der Waals surface area contributed by atoms with Crippen molar-refractivity contribution in [2.24, 2.45) is 0 Å². The summed E-state index contributed by atoms with van der Waals surface area (Å²) < 4.78 is 39.4. The van der Waals surface area contributed by atoms with Gasteiger partial charge in [-0.15, -0.1) is 10.2 Å². The summed E-state index contributed by atoms with van der Waals surface area (Å²) in [6.07, 6.45) is 0. The van der Waals surface area contributed by atoms with E-state index in [1.807, 2.05) is 0 Å². The molecule has 0 atom stereocenters. The molecule has 1 aromatic carbocycles. The highest BCUT2D eigenvalue weighted by Gasteiger charge is 2.21. The molecule has 2 aromatic rings. The summed E-state index contributed by atoms with van der Waals surface area (Å²) >= 11 is 0. The van der Waals surface area contributed by atoms with E-state index in [2.05, 4.69) is 25.3 Å². The molecule has 0 radical (unpaired) electrons. The van der Waals surface area contributed by atoms with Crippen molar-refractivity contribution in [2.75, 3.05) is 0 Å². The summed E-state index contributed by atoms with van der Waals surface area (Å²) in [7, 11) is -4.04. The van der Waals surface area contributed by atoms with Gasteiger partial charge in [0.25, 0.3) is 0 Å². The van der Waals surface area contributed by atoms with Crippen molar-refractivity contribution >= 4 is 10.0 Å². The van der Waals surface area contributed by atoms with Crippen LogP contribution in [0.2, 0.25) is 0 Å². The smallest absolute Gasteiger partial charge is 0.207 e. The van der Waals surface area contributed by atoms with Crippen LogP contribution in [-0.4, -0.2) is 29.0 Å². The lowest BCUT2D eigenvalue weighted by molar-refractivity contribution is 0.574. The third-order valence-electron chi connectivity index (χ3n) is 2.19. The fraction of sp³-hybridized carbons (Fsp3) is 0.111. The number of nitrogens with one attached hydrogen (secondary N) is 2. The monoisotopic (exact) mass is 282 g/mol. The number of aromatic nitrogens is 4. The van der Waals surface area contributed by atoms with Gasteiger partial charge in [0.05, 0.1) is 6.54 Å². The zero-order valence-corrected chi connectivity index (χ0v) is 10.1. The Morgan fingerprint density at radius 3 is 2.89 bits per heavy atom. The van der Waals surface area contributed by atoms with Gasteiger partial charge in [-0.2, -0.15) is 10.5 Å². The number of hydrogen-bond acceptors (Lipinski definition) is 6. The lowest BCUT2D eigenvalue weighted by Crippen LogP contribution is -2.25. The topological polar surface area (TPSA) is 124 Å².